The van der Waals surface area contributed by atoms with E-state index in [1.807, 2.05) is 0 Å². The number of nitrogens with zero attached hydrogens (tertiary/aromatic N) is 1. The van der Waals surface area contributed by atoms with Gasteiger partial charge in [-0.3, -0.25) is 9.59 Å². The van der Waals surface area contributed by atoms with Crippen molar-refractivity contribution in [1.82, 2.24) is 5.48 Å². The molecule has 0 saturated carbocycles. The highest BCUT2D eigenvalue weighted by Gasteiger charge is 2.35. The first-order chi connectivity index (χ1) is 11.1. The van der Waals surface area contributed by atoms with Gasteiger partial charge in [0.15, 0.2) is 6.29 Å². The zero-order valence-electron chi connectivity index (χ0n) is 12.7. The molecule has 2 amide bonds. The van der Waals surface area contributed by atoms with E-state index in [9.17, 15) is 14.0 Å². The summed E-state index contributed by atoms with van der Waals surface area (Å²) in [5.74, 6) is -1.35. The van der Waals surface area contributed by atoms with Crippen molar-refractivity contribution in [2.24, 2.45) is 5.92 Å². The van der Waals surface area contributed by atoms with Crippen LogP contribution in [0, 0.1) is 11.7 Å². The van der Waals surface area contributed by atoms with Gasteiger partial charge in [-0.25, -0.2) is 14.7 Å². The van der Waals surface area contributed by atoms with Gasteiger partial charge < -0.3 is 9.64 Å². The molecule has 0 radical (unpaired) electrons. The van der Waals surface area contributed by atoms with E-state index >= 15 is 0 Å². The van der Waals surface area contributed by atoms with Crippen molar-refractivity contribution in [2.45, 2.75) is 32.0 Å². The first kappa shape index (κ1) is 15.9. The molecule has 0 spiro atoms. The third kappa shape index (κ3) is 3.86. The normalized spacial score (nSPS) is 24.7. The number of halogens is 1. The van der Waals surface area contributed by atoms with Gasteiger partial charge in [0.2, 0.25) is 11.8 Å². The molecule has 0 aliphatic carbocycles. The van der Waals surface area contributed by atoms with E-state index in [1.54, 1.807) is 0 Å². The van der Waals surface area contributed by atoms with E-state index in [2.05, 4.69) is 5.48 Å². The molecule has 2 aliphatic heterocycles. The molecule has 1 aromatic carbocycles. The summed E-state index contributed by atoms with van der Waals surface area (Å²) in [7, 11) is 0. The molecule has 0 bridgehead atoms. The van der Waals surface area contributed by atoms with Gasteiger partial charge in [0.25, 0.3) is 0 Å². The second-order valence-electron chi connectivity index (χ2n) is 5.76. The molecule has 2 aliphatic rings. The highest BCUT2D eigenvalue weighted by Crippen LogP contribution is 2.25. The summed E-state index contributed by atoms with van der Waals surface area (Å²) in [4.78, 5) is 30.9. The number of anilines is 1. The fourth-order valence-corrected chi connectivity index (χ4v) is 2.77. The second kappa shape index (κ2) is 7.06. The zero-order valence-corrected chi connectivity index (χ0v) is 12.7. The number of hydroxylamine groups is 1. The third-order valence-corrected chi connectivity index (χ3v) is 4.06. The topological polar surface area (TPSA) is 67.9 Å². The minimum atomic E-state index is -0.490. The number of rotatable bonds is 4. The highest BCUT2D eigenvalue weighted by molar-refractivity contribution is 6.00. The van der Waals surface area contributed by atoms with Crippen molar-refractivity contribution < 1.29 is 23.6 Å². The molecule has 6 nitrogen and oxygen atoms in total. The number of carbonyl (C=O) groups is 2. The number of nitrogens with one attached hydrogen (secondary N) is 1. The first-order valence-corrected chi connectivity index (χ1v) is 7.76. The maximum Gasteiger partial charge on any atom is 0.249 e. The van der Waals surface area contributed by atoms with E-state index in [0.29, 0.717) is 12.3 Å². The average Bonchev–Trinajstić information content (AvgIpc) is 2.96. The molecule has 2 fully saturated rings. The number of carbonyl (C=O) groups excluding carboxylic acids is 2. The van der Waals surface area contributed by atoms with Crippen LogP contribution in [0.2, 0.25) is 0 Å². The number of ether oxygens (including phenoxy) is 1. The maximum atomic E-state index is 13.0. The van der Waals surface area contributed by atoms with Gasteiger partial charge in [-0.1, -0.05) is 0 Å². The molecule has 2 atom stereocenters. The summed E-state index contributed by atoms with van der Waals surface area (Å²) >= 11 is 0. The van der Waals surface area contributed by atoms with Crippen molar-refractivity contribution in [3.63, 3.8) is 0 Å². The maximum absolute atomic E-state index is 13.0. The SMILES string of the molecule is O=C(NO[C@@H]1CCCCO1)[C@@H]1CC(=O)N(c2ccc(F)cc2)C1. The van der Waals surface area contributed by atoms with E-state index in [-0.39, 0.29) is 30.6 Å². The Kier molecular flexibility index (Phi) is 4.88. The van der Waals surface area contributed by atoms with Gasteiger partial charge in [-0.2, -0.15) is 0 Å². The molecule has 7 heteroatoms. The fourth-order valence-electron chi connectivity index (χ4n) is 2.77. The number of hydrogen-bond donors (Lipinski definition) is 1. The van der Waals surface area contributed by atoms with Gasteiger partial charge in [0.05, 0.1) is 5.92 Å². The number of hydrogen-bond acceptors (Lipinski definition) is 4. The monoisotopic (exact) mass is 322 g/mol. The van der Waals surface area contributed by atoms with Gasteiger partial charge >= 0.3 is 0 Å². The Morgan fingerprint density at radius 3 is 2.78 bits per heavy atom. The smallest absolute Gasteiger partial charge is 0.249 e. The summed E-state index contributed by atoms with van der Waals surface area (Å²) in [6.07, 6.45) is 2.43. The minimum absolute atomic E-state index is 0.109. The van der Waals surface area contributed by atoms with Crippen molar-refractivity contribution in [1.29, 1.82) is 0 Å². The Morgan fingerprint density at radius 1 is 1.30 bits per heavy atom. The van der Waals surface area contributed by atoms with Crippen molar-refractivity contribution in [3.05, 3.63) is 30.1 Å². The Balaban J connectivity index is 1.54. The predicted molar refractivity (Wildman–Crippen MR) is 79.7 cm³/mol. The molecule has 0 aromatic heterocycles. The third-order valence-electron chi connectivity index (χ3n) is 4.06. The van der Waals surface area contributed by atoms with Gasteiger partial charge in [0, 0.05) is 31.7 Å². The highest BCUT2D eigenvalue weighted by atomic mass is 19.1. The quantitative estimate of drug-likeness (QED) is 0.858. The standard InChI is InChI=1S/C16H19FN2O4/c17-12-4-6-13(7-5-12)19-10-11(9-14(19)20)16(21)18-23-15-3-1-2-8-22-15/h4-7,11,15H,1-3,8-10H2,(H,18,21)/t11-,15-/m1/s1. The van der Waals surface area contributed by atoms with Crippen LogP contribution >= 0.6 is 0 Å². The predicted octanol–water partition coefficient (Wildman–Crippen LogP) is 1.75. The van der Waals surface area contributed by atoms with Crippen LogP contribution in [-0.4, -0.2) is 31.3 Å². The lowest BCUT2D eigenvalue weighted by Crippen LogP contribution is -2.37. The van der Waals surface area contributed by atoms with Crippen LogP contribution in [0.3, 0.4) is 0 Å². The van der Waals surface area contributed by atoms with E-state index < -0.39 is 12.2 Å². The zero-order chi connectivity index (χ0) is 16.2. The summed E-state index contributed by atoms with van der Waals surface area (Å²) in [6, 6.07) is 5.64. The Bertz CT molecular complexity index is 572. The van der Waals surface area contributed by atoms with Gasteiger partial charge in [-0.15, -0.1) is 0 Å². The van der Waals surface area contributed by atoms with Crippen LogP contribution in [0.15, 0.2) is 24.3 Å². The van der Waals surface area contributed by atoms with Crippen LogP contribution in [0.5, 0.6) is 0 Å². The van der Waals surface area contributed by atoms with Crippen LogP contribution < -0.4 is 10.4 Å². The average molecular weight is 322 g/mol. The summed E-state index contributed by atoms with van der Waals surface area (Å²) in [5.41, 5.74) is 2.98. The molecule has 3 rings (SSSR count). The van der Waals surface area contributed by atoms with E-state index in [4.69, 9.17) is 9.57 Å². The second-order valence-corrected chi connectivity index (χ2v) is 5.76. The molecular formula is C16H19FN2O4. The molecule has 2 heterocycles. The molecule has 2 saturated heterocycles. The Morgan fingerprint density at radius 2 is 2.09 bits per heavy atom. The van der Waals surface area contributed by atoms with E-state index in [1.165, 1.54) is 29.2 Å². The number of amides is 2. The lowest BCUT2D eigenvalue weighted by atomic mass is 10.1. The molecule has 1 N–H and O–H groups in total. The fraction of sp³-hybridized carbons (Fsp3) is 0.500. The molecule has 124 valence electrons. The van der Waals surface area contributed by atoms with Gasteiger partial charge in [-0.05, 0) is 37.1 Å². The molecule has 1 aromatic rings. The van der Waals surface area contributed by atoms with Gasteiger partial charge in [0.1, 0.15) is 5.82 Å². The van der Waals surface area contributed by atoms with Crippen molar-refractivity contribution >= 4 is 17.5 Å². The largest absolute Gasteiger partial charge is 0.350 e. The van der Waals surface area contributed by atoms with Crippen LogP contribution in [0.25, 0.3) is 0 Å². The summed E-state index contributed by atoms with van der Waals surface area (Å²) < 4.78 is 18.3. The Labute approximate surface area is 133 Å². The van der Waals surface area contributed by atoms with Crippen LogP contribution in [0.1, 0.15) is 25.7 Å². The lowest BCUT2D eigenvalue weighted by Gasteiger charge is -2.23. The van der Waals surface area contributed by atoms with Crippen LogP contribution in [0.4, 0.5) is 10.1 Å². The Hall–Kier alpha value is -1.99. The first-order valence-electron chi connectivity index (χ1n) is 7.76. The molecule has 23 heavy (non-hydrogen) atoms. The van der Waals surface area contributed by atoms with E-state index in [0.717, 1.165) is 19.3 Å². The molecular weight excluding hydrogens is 303 g/mol. The number of benzene rings is 1. The lowest BCUT2D eigenvalue weighted by molar-refractivity contribution is -0.201. The minimum Gasteiger partial charge on any atom is -0.350 e. The van der Waals surface area contributed by atoms with Crippen molar-refractivity contribution in [3.8, 4) is 0 Å². The molecule has 0 unspecified atom stereocenters. The van der Waals surface area contributed by atoms with Crippen molar-refractivity contribution in [2.75, 3.05) is 18.1 Å². The summed E-state index contributed by atoms with van der Waals surface area (Å²) in [5, 5.41) is 0. The summed E-state index contributed by atoms with van der Waals surface area (Å²) in [6.45, 7) is 0.881. The van der Waals surface area contributed by atoms with Crippen LogP contribution in [-0.2, 0) is 19.2 Å².